The molecule has 0 aliphatic heterocycles. The van der Waals surface area contributed by atoms with Crippen LogP contribution in [0.5, 0.6) is 5.75 Å². The zero-order valence-electron chi connectivity index (χ0n) is 21.1. The van der Waals surface area contributed by atoms with E-state index in [0.29, 0.717) is 17.9 Å². The molecule has 0 aliphatic rings. The Morgan fingerprint density at radius 2 is 1.64 bits per heavy atom. The lowest BCUT2D eigenvalue weighted by Gasteiger charge is -2.07. The largest absolute Gasteiger partial charge is 0.489 e. The highest BCUT2D eigenvalue weighted by atomic mass is 16.5. The van der Waals surface area contributed by atoms with Crippen molar-refractivity contribution in [2.75, 3.05) is 0 Å². The molecule has 1 N–H and O–H groups in total. The Hall–Kier alpha value is -5.48. The third-order valence-corrected chi connectivity index (χ3v) is 5.98. The Morgan fingerprint density at radius 3 is 2.33 bits per heavy atom. The Morgan fingerprint density at radius 1 is 0.923 bits per heavy atom. The van der Waals surface area contributed by atoms with Crippen molar-refractivity contribution in [1.82, 2.24) is 20.1 Å². The van der Waals surface area contributed by atoms with Crippen molar-refractivity contribution in [3.8, 4) is 28.8 Å². The molecule has 2 aromatic heterocycles. The summed E-state index contributed by atoms with van der Waals surface area (Å²) in [6.07, 6.45) is 6.72. The second kappa shape index (κ2) is 12.2. The molecular weight excluding hydrogens is 486 g/mol. The fourth-order valence-corrected chi connectivity index (χ4v) is 3.96. The summed E-state index contributed by atoms with van der Waals surface area (Å²) in [5, 5.41) is 17.4. The molecule has 0 radical (unpaired) electrons. The lowest BCUT2D eigenvalue weighted by atomic mass is 10.1. The molecule has 0 saturated heterocycles. The van der Waals surface area contributed by atoms with E-state index >= 15 is 0 Å². The number of carbonyl (C=O) groups is 1. The molecule has 0 bridgehead atoms. The molecule has 2 heterocycles. The standard InChI is InChI=1S/C32H25N5O2/c33-19-27(32(38)35-21-25-10-7-17-34-20-25)18-28-22-37(29-11-5-2-6-12-29)36-31(28)26-13-15-30(16-14-26)39-23-24-8-3-1-4-9-24/h1-18,20,22H,21,23H2,(H,35,38)/b27-18+. The summed E-state index contributed by atoms with van der Waals surface area (Å²) >= 11 is 0. The van der Waals surface area contributed by atoms with E-state index in [4.69, 9.17) is 9.84 Å². The number of rotatable bonds is 9. The molecule has 5 aromatic rings. The first-order chi connectivity index (χ1) is 19.2. The fourth-order valence-electron chi connectivity index (χ4n) is 3.96. The number of amides is 1. The van der Waals surface area contributed by atoms with Gasteiger partial charge in [0.15, 0.2) is 0 Å². The average molecular weight is 512 g/mol. The van der Waals surface area contributed by atoms with E-state index in [-0.39, 0.29) is 12.1 Å². The minimum Gasteiger partial charge on any atom is -0.489 e. The van der Waals surface area contributed by atoms with Crippen LogP contribution < -0.4 is 10.1 Å². The quantitative estimate of drug-likeness (QED) is 0.201. The number of aromatic nitrogens is 3. The maximum atomic E-state index is 12.8. The third-order valence-electron chi connectivity index (χ3n) is 5.98. The van der Waals surface area contributed by atoms with E-state index in [1.807, 2.05) is 103 Å². The summed E-state index contributed by atoms with van der Waals surface area (Å²) in [5.41, 5.74) is 4.88. The maximum Gasteiger partial charge on any atom is 0.262 e. The number of nitrogens with one attached hydrogen (secondary N) is 1. The second-order valence-corrected chi connectivity index (χ2v) is 8.73. The van der Waals surface area contributed by atoms with E-state index in [0.717, 1.165) is 28.1 Å². The number of benzene rings is 3. The first-order valence-corrected chi connectivity index (χ1v) is 12.4. The molecule has 1 amide bonds. The van der Waals surface area contributed by atoms with Crippen LogP contribution in [0.4, 0.5) is 0 Å². The number of nitrogens with zero attached hydrogens (tertiary/aromatic N) is 4. The smallest absolute Gasteiger partial charge is 0.262 e. The van der Waals surface area contributed by atoms with Crippen molar-refractivity contribution >= 4 is 12.0 Å². The van der Waals surface area contributed by atoms with Crippen LogP contribution in [0.15, 0.2) is 121 Å². The first kappa shape index (κ1) is 25.2. The van der Waals surface area contributed by atoms with Gasteiger partial charge in [-0.2, -0.15) is 10.4 Å². The van der Waals surface area contributed by atoms with Crippen molar-refractivity contribution in [3.63, 3.8) is 0 Å². The fraction of sp³-hybridized carbons (Fsp3) is 0.0625. The monoisotopic (exact) mass is 511 g/mol. The predicted molar refractivity (Wildman–Crippen MR) is 149 cm³/mol. The van der Waals surface area contributed by atoms with E-state index in [1.54, 1.807) is 29.2 Å². The molecule has 0 aliphatic carbocycles. The number of para-hydroxylation sites is 1. The van der Waals surface area contributed by atoms with Crippen LogP contribution in [0, 0.1) is 11.3 Å². The van der Waals surface area contributed by atoms with Crippen molar-refractivity contribution in [3.05, 3.63) is 138 Å². The third kappa shape index (κ3) is 6.45. The molecule has 0 atom stereocenters. The molecule has 0 fully saturated rings. The van der Waals surface area contributed by atoms with Crippen LogP contribution in [0.2, 0.25) is 0 Å². The highest BCUT2D eigenvalue weighted by Gasteiger charge is 2.15. The number of hydrogen-bond donors (Lipinski definition) is 1. The van der Waals surface area contributed by atoms with E-state index < -0.39 is 5.91 Å². The number of pyridine rings is 1. The Kier molecular flexibility index (Phi) is 7.86. The van der Waals surface area contributed by atoms with Gasteiger partial charge in [-0.05, 0) is 59.7 Å². The average Bonchev–Trinajstić information content (AvgIpc) is 3.43. The van der Waals surface area contributed by atoms with Gasteiger partial charge in [0.1, 0.15) is 24.0 Å². The molecule has 7 nitrogen and oxygen atoms in total. The summed E-state index contributed by atoms with van der Waals surface area (Å²) < 4.78 is 7.67. The van der Waals surface area contributed by atoms with Crippen molar-refractivity contribution in [1.29, 1.82) is 5.26 Å². The predicted octanol–water partition coefficient (Wildman–Crippen LogP) is 5.74. The van der Waals surface area contributed by atoms with Gasteiger partial charge in [-0.15, -0.1) is 0 Å². The second-order valence-electron chi connectivity index (χ2n) is 8.73. The highest BCUT2D eigenvalue weighted by Crippen LogP contribution is 2.28. The molecular formula is C32H25N5O2. The summed E-state index contributed by atoms with van der Waals surface area (Å²) in [6.45, 7) is 0.739. The first-order valence-electron chi connectivity index (χ1n) is 12.4. The van der Waals surface area contributed by atoms with Crippen molar-refractivity contribution < 1.29 is 9.53 Å². The normalized spacial score (nSPS) is 11.0. The van der Waals surface area contributed by atoms with Gasteiger partial charge in [-0.3, -0.25) is 9.78 Å². The molecule has 3 aromatic carbocycles. The van der Waals surface area contributed by atoms with Gasteiger partial charge in [-0.25, -0.2) is 4.68 Å². The van der Waals surface area contributed by atoms with E-state index in [9.17, 15) is 10.1 Å². The molecule has 0 unspecified atom stereocenters. The summed E-state index contributed by atoms with van der Waals surface area (Å²) in [6, 6.07) is 32.9. The van der Waals surface area contributed by atoms with Crippen LogP contribution in [0.1, 0.15) is 16.7 Å². The Labute approximate surface area is 226 Å². The molecule has 190 valence electrons. The number of hydrogen-bond acceptors (Lipinski definition) is 5. The lowest BCUT2D eigenvalue weighted by Crippen LogP contribution is -2.24. The van der Waals surface area contributed by atoms with Crippen molar-refractivity contribution in [2.45, 2.75) is 13.2 Å². The Balaban J connectivity index is 1.41. The van der Waals surface area contributed by atoms with Crippen LogP contribution in [0.3, 0.4) is 0 Å². The minimum atomic E-state index is -0.468. The lowest BCUT2D eigenvalue weighted by molar-refractivity contribution is -0.117. The van der Waals surface area contributed by atoms with Gasteiger partial charge in [0.2, 0.25) is 0 Å². The molecule has 0 spiro atoms. The van der Waals surface area contributed by atoms with Crippen molar-refractivity contribution in [2.24, 2.45) is 0 Å². The summed E-state index contributed by atoms with van der Waals surface area (Å²) in [4.78, 5) is 16.9. The van der Waals surface area contributed by atoms with Gasteiger partial charge < -0.3 is 10.1 Å². The number of ether oxygens (including phenoxy) is 1. The van der Waals surface area contributed by atoms with Gasteiger partial charge in [-0.1, -0.05) is 54.6 Å². The zero-order valence-corrected chi connectivity index (χ0v) is 21.1. The van der Waals surface area contributed by atoms with Crippen LogP contribution in [-0.2, 0) is 17.9 Å². The number of carbonyl (C=O) groups excluding carboxylic acids is 1. The zero-order chi connectivity index (χ0) is 26.9. The topological polar surface area (TPSA) is 92.8 Å². The molecule has 0 saturated carbocycles. The SMILES string of the molecule is N#C/C(=C\c1cn(-c2ccccc2)nc1-c1ccc(OCc2ccccc2)cc1)C(=O)NCc1cccnc1. The Bertz CT molecular complexity index is 1600. The van der Waals surface area contributed by atoms with Crippen LogP contribution in [-0.4, -0.2) is 20.7 Å². The maximum absolute atomic E-state index is 12.8. The molecule has 7 heteroatoms. The molecule has 5 rings (SSSR count). The van der Waals surface area contributed by atoms with Gasteiger partial charge >= 0.3 is 0 Å². The number of nitriles is 1. The van der Waals surface area contributed by atoms with Gasteiger partial charge in [0, 0.05) is 36.3 Å². The summed E-state index contributed by atoms with van der Waals surface area (Å²) in [7, 11) is 0. The van der Waals surface area contributed by atoms with E-state index in [2.05, 4.69) is 10.3 Å². The minimum absolute atomic E-state index is 0.0180. The molecule has 39 heavy (non-hydrogen) atoms. The summed E-state index contributed by atoms with van der Waals surface area (Å²) in [5.74, 6) is 0.263. The van der Waals surface area contributed by atoms with Gasteiger partial charge in [0.05, 0.1) is 11.4 Å². The highest BCUT2D eigenvalue weighted by molar-refractivity contribution is 6.02. The van der Waals surface area contributed by atoms with Gasteiger partial charge in [0.25, 0.3) is 5.91 Å². The van der Waals surface area contributed by atoms with Crippen LogP contribution in [0.25, 0.3) is 23.0 Å². The van der Waals surface area contributed by atoms with Crippen LogP contribution >= 0.6 is 0 Å². The van der Waals surface area contributed by atoms with E-state index in [1.165, 1.54) is 0 Å².